The maximum absolute atomic E-state index is 12.4. The minimum absolute atomic E-state index is 0.000532. The van der Waals surface area contributed by atoms with Crippen molar-refractivity contribution in [1.29, 1.82) is 0 Å². The van der Waals surface area contributed by atoms with Crippen LogP contribution in [0.1, 0.15) is 38.5 Å². The first-order valence-electron chi connectivity index (χ1n) is 6.80. The van der Waals surface area contributed by atoms with Gasteiger partial charge < -0.3 is 9.64 Å². The molecule has 1 fully saturated rings. The van der Waals surface area contributed by atoms with E-state index in [-0.39, 0.29) is 11.2 Å². The van der Waals surface area contributed by atoms with Crippen molar-refractivity contribution in [1.82, 2.24) is 8.61 Å². The van der Waals surface area contributed by atoms with Crippen LogP contribution in [0.2, 0.25) is 0 Å². The molecule has 1 aliphatic carbocycles. The van der Waals surface area contributed by atoms with E-state index in [2.05, 4.69) is 0 Å². The summed E-state index contributed by atoms with van der Waals surface area (Å²) in [5.41, 5.74) is 0. The number of carbonyl (C=O) groups excluding carboxylic acids is 1. The van der Waals surface area contributed by atoms with E-state index >= 15 is 0 Å². The van der Waals surface area contributed by atoms with E-state index in [4.69, 9.17) is 4.74 Å². The van der Waals surface area contributed by atoms with E-state index in [1.54, 1.807) is 14.1 Å². The third-order valence-corrected chi connectivity index (χ3v) is 6.92. The second-order valence-electron chi connectivity index (χ2n) is 5.12. The van der Waals surface area contributed by atoms with Crippen LogP contribution in [0.3, 0.4) is 0 Å². The van der Waals surface area contributed by atoms with E-state index in [0.717, 1.165) is 50.5 Å². The molecule has 1 aliphatic rings. The molecule has 1 amide bonds. The van der Waals surface area contributed by atoms with Crippen molar-refractivity contribution >= 4 is 28.1 Å². The van der Waals surface area contributed by atoms with E-state index in [1.807, 2.05) is 0 Å². The van der Waals surface area contributed by atoms with E-state index in [0.29, 0.717) is 0 Å². The summed E-state index contributed by atoms with van der Waals surface area (Å²) in [4.78, 5) is 12.5. The minimum Gasteiger partial charge on any atom is -0.437 e. The van der Waals surface area contributed by atoms with Crippen LogP contribution in [0.4, 0.5) is 4.79 Å². The van der Waals surface area contributed by atoms with Crippen LogP contribution in [0.5, 0.6) is 0 Å². The summed E-state index contributed by atoms with van der Waals surface area (Å²) in [7, 11) is 1.37. The smallest absolute Gasteiger partial charge is 0.410 e. The zero-order chi connectivity index (χ0) is 15.2. The number of carbonyl (C=O) groups is 1. The number of amides is 1. The standard InChI is InChI=1S/C12H24N2O4S2/c1-13(2)12(15)18-10-19-14(3)20(16,17)11-8-6-4-5-7-9-11/h11H,4-10H2,1-3H3. The lowest BCUT2D eigenvalue weighted by Crippen LogP contribution is -2.32. The van der Waals surface area contributed by atoms with Gasteiger partial charge in [0.05, 0.1) is 5.25 Å². The van der Waals surface area contributed by atoms with Gasteiger partial charge in [-0.05, 0) is 24.8 Å². The first-order valence-corrected chi connectivity index (χ1v) is 9.25. The Kier molecular flexibility index (Phi) is 7.11. The molecule has 20 heavy (non-hydrogen) atoms. The maximum atomic E-state index is 12.4. The van der Waals surface area contributed by atoms with Crippen LogP contribution in [0, 0.1) is 0 Å². The fraction of sp³-hybridized carbons (Fsp3) is 0.917. The Labute approximate surface area is 126 Å². The Hall–Kier alpha value is -0.470. The summed E-state index contributed by atoms with van der Waals surface area (Å²) in [5.74, 6) is -0.000532. The highest BCUT2D eigenvalue weighted by Gasteiger charge is 2.30. The number of hydrogen-bond donors (Lipinski definition) is 0. The van der Waals surface area contributed by atoms with Crippen molar-refractivity contribution < 1.29 is 17.9 Å². The van der Waals surface area contributed by atoms with E-state index < -0.39 is 16.1 Å². The molecule has 0 saturated heterocycles. The number of ether oxygens (including phenoxy) is 1. The van der Waals surface area contributed by atoms with Gasteiger partial charge in [0, 0.05) is 21.1 Å². The first kappa shape index (κ1) is 17.6. The number of nitrogens with zero attached hydrogens (tertiary/aromatic N) is 2. The van der Waals surface area contributed by atoms with Gasteiger partial charge in [-0.2, -0.15) is 0 Å². The average molecular weight is 324 g/mol. The SMILES string of the molecule is CN(C)C(=O)OCSN(C)S(=O)(=O)C1CCCCCC1. The quantitative estimate of drug-likeness (QED) is 0.441. The second kappa shape index (κ2) is 8.09. The Bertz CT molecular complexity index is 404. The molecule has 0 atom stereocenters. The highest BCUT2D eigenvalue weighted by atomic mass is 32.3. The van der Waals surface area contributed by atoms with Crippen molar-refractivity contribution in [2.45, 2.75) is 43.8 Å². The van der Waals surface area contributed by atoms with Gasteiger partial charge in [0.25, 0.3) is 0 Å². The minimum atomic E-state index is -3.31. The van der Waals surface area contributed by atoms with Gasteiger partial charge >= 0.3 is 6.09 Å². The Balaban J connectivity index is 2.47. The van der Waals surface area contributed by atoms with Crippen LogP contribution in [0.25, 0.3) is 0 Å². The topological polar surface area (TPSA) is 66.9 Å². The van der Waals surface area contributed by atoms with Crippen molar-refractivity contribution in [2.75, 3.05) is 27.1 Å². The van der Waals surface area contributed by atoms with Crippen molar-refractivity contribution in [3.8, 4) is 0 Å². The third-order valence-electron chi connectivity index (χ3n) is 3.36. The molecule has 0 N–H and O–H groups in total. The van der Waals surface area contributed by atoms with Gasteiger partial charge in [-0.1, -0.05) is 25.7 Å². The van der Waals surface area contributed by atoms with Gasteiger partial charge in [0.1, 0.15) is 0 Å². The predicted molar refractivity (Wildman–Crippen MR) is 80.8 cm³/mol. The molecule has 0 aromatic carbocycles. The van der Waals surface area contributed by atoms with Crippen LogP contribution in [0.15, 0.2) is 0 Å². The monoisotopic (exact) mass is 324 g/mol. The predicted octanol–water partition coefficient (Wildman–Crippen LogP) is 2.27. The average Bonchev–Trinajstić information content (AvgIpc) is 2.67. The Morgan fingerprint density at radius 1 is 1.15 bits per heavy atom. The molecule has 0 unspecified atom stereocenters. The number of hydrogen-bond acceptors (Lipinski definition) is 5. The fourth-order valence-corrected chi connectivity index (χ4v) is 4.84. The van der Waals surface area contributed by atoms with Crippen LogP contribution < -0.4 is 0 Å². The number of rotatable bonds is 5. The molecule has 1 saturated carbocycles. The van der Waals surface area contributed by atoms with Gasteiger partial charge in [-0.15, -0.1) is 3.71 Å². The fourth-order valence-electron chi connectivity index (χ4n) is 2.10. The molecule has 0 heterocycles. The van der Waals surface area contributed by atoms with Gasteiger partial charge in [0.15, 0.2) is 5.94 Å². The lowest BCUT2D eigenvalue weighted by Gasteiger charge is -2.22. The van der Waals surface area contributed by atoms with Gasteiger partial charge in [-0.25, -0.2) is 13.2 Å². The molecule has 0 aromatic heterocycles. The van der Waals surface area contributed by atoms with Crippen LogP contribution in [-0.4, -0.2) is 55.5 Å². The molecule has 0 spiro atoms. The number of sulfonamides is 1. The van der Waals surface area contributed by atoms with E-state index in [9.17, 15) is 13.2 Å². The largest absolute Gasteiger partial charge is 0.437 e. The van der Waals surface area contributed by atoms with Gasteiger partial charge in [-0.3, -0.25) is 0 Å². The molecular formula is C12H24N2O4S2. The van der Waals surface area contributed by atoms with Crippen molar-refractivity contribution in [2.24, 2.45) is 0 Å². The van der Waals surface area contributed by atoms with E-state index in [1.165, 1.54) is 15.7 Å². The first-order chi connectivity index (χ1) is 9.35. The van der Waals surface area contributed by atoms with Crippen LogP contribution in [-0.2, 0) is 14.8 Å². The van der Waals surface area contributed by atoms with Gasteiger partial charge in [0.2, 0.25) is 10.0 Å². The normalized spacial score (nSPS) is 17.8. The van der Waals surface area contributed by atoms with Crippen molar-refractivity contribution in [3.05, 3.63) is 0 Å². The second-order valence-corrected chi connectivity index (χ2v) is 8.64. The molecular weight excluding hydrogens is 300 g/mol. The molecule has 0 aliphatic heterocycles. The highest BCUT2D eigenvalue weighted by Crippen LogP contribution is 2.27. The third kappa shape index (κ3) is 5.14. The molecule has 0 bridgehead atoms. The summed E-state index contributed by atoms with van der Waals surface area (Å²) in [5, 5.41) is -0.299. The highest BCUT2D eigenvalue weighted by molar-refractivity contribution is 8.08. The zero-order valence-corrected chi connectivity index (χ0v) is 14.0. The summed E-state index contributed by atoms with van der Waals surface area (Å²) in [6.45, 7) is 0. The summed E-state index contributed by atoms with van der Waals surface area (Å²) in [6, 6.07) is 0. The summed E-state index contributed by atoms with van der Waals surface area (Å²) in [6.07, 6.45) is 5.15. The zero-order valence-electron chi connectivity index (χ0n) is 12.4. The maximum Gasteiger partial charge on any atom is 0.410 e. The molecule has 8 heteroatoms. The lowest BCUT2D eigenvalue weighted by molar-refractivity contribution is 0.136. The molecule has 0 radical (unpaired) electrons. The Morgan fingerprint density at radius 3 is 2.20 bits per heavy atom. The van der Waals surface area contributed by atoms with Crippen LogP contribution >= 0.6 is 11.9 Å². The lowest BCUT2D eigenvalue weighted by atomic mass is 10.2. The van der Waals surface area contributed by atoms with Crippen molar-refractivity contribution in [3.63, 3.8) is 0 Å². The molecule has 0 aromatic rings. The summed E-state index contributed by atoms with van der Waals surface area (Å²) < 4.78 is 31.0. The molecule has 118 valence electrons. The molecule has 1 rings (SSSR count). The molecule has 6 nitrogen and oxygen atoms in total. The summed E-state index contributed by atoms with van der Waals surface area (Å²) >= 11 is 1.01. The Morgan fingerprint density at radius 2 is 1.70 bits per heavy atom.